The molecule has 8 nitrogen and oxygen atoms in total. The fourth-order valence-corrected chi connectivity index (χ4v) is 2.13. The largest absolute Gasteiger partial charge is 0.451 e. The maximum atomic E-state index is 13.6. The van der Waals surface area contributed by atoms with Crippen molar-refractivity contribution in [1.29, 1.82) is 0 Å². The molecule has 0 saturated carbocycles. The van der Waals surface area contributed by atoms with Crippen molar-refractivity contribution in [2.24, 2.45) is 7.05 Å². The van der Waals surface area contributed by atoms with Crippen molar-refractivity contribution in [2.45, 2.75) is 6.54 Å². The Morgan fingerprint density at radius 3 is 2.64 bits per heavy atom. The van der Waals surface area contributed by atoms with E-state index < -0.39 is 29.2 Å². The molecule has 0 aliphatic carbocycles. The highest BCUT2D eigenvalue weighted by Gasteiger charge is 2.20. The minimum atomic E-state index is -0.858. The first-order valence-electron chi connectivity index (χ1n) is 7.25. The van der Waals surface area contributed by atoms with Crippen LogP contribution in [0.5, 0.6) is 0 Å². The standard InChI is InChI=1S/C16H16FN3O5/c1-18-9-12(20(23)24)7-14(18)16(22)25-10-15(21)19(2)8-11-5-3-4-6-13(11)17/h3-7,9H,8,10H2,1-2H3. The molecular formula is C16H16FN3O5. The zero-order chi connectivity index (χ0) is 18.6. The minimum absolute atomic E-state index is 0.0265. The smallest absolute Gasteiger partial charge is 0.355 e. The Bertz CT molecular complexity index is 818. The average molecular weight is 349 g/mol. The predicted molar refractivity (Wildman–Crippen MR) is 85.2 cm³/mol. The molecular weight excluding hydrogens is 333 g/mol. The second kappa shape index (κ2) is 7.56. The van der Waals surface area contributed by atoms with Gasteiger partial charge in [-0.15, -0.1) is 0 Å². The predicted octanol–water partition coefficient (Wildman–Crippen LogP) is 1.89. The van der Waals surface area contributed by atoms with E-state index in [0.717, 1.165) is 6.07 Å². The van der Waals surface area contributed by atoms with Crippen LogP contribution in [-0.4, -0.2) is 39.9 Å². The normalized spacial score (nSPS) is 10.4. The summed E-state index contributed by atoms with van der Waals surface area (Å²) in [5.74, 6) is -1.82. The third-order valence-corrected chi connectivity index (χ3v) is 3.53. The molecule has 1 heterocycles. The molecule has 0 atom stereocenters. The molecule has 132 valence electrons. The Hall–Kier alpha value is -3.23. The lowest BCUT2D eigenvalue weighted by Crippen LogP contribution is -2.31. The van der Waals surface area contributed by atoms with Crippen molar-refractivity contribution in [2.75, 3.05) is 13.7 Å². The van der Waals surface area contributed by atoms with Crippen LogP contribution in [0.2, 0.25) is 0 Å². The van der Waals surface area contributed by atoms with Crippen LogP contribution in [0.4, 0.5) is 10.1 Å². The molecule has 0 aliphatic heterocycles. The number of ether oxygens (including phenoxy) is 1. The van der Waals surface area contributed by atoms with Crippen LogP contribution in [0.25, 0.3) is 0 Å². The SMILES string of the molecule is CN(Cc1ccccc1F)C(=O)COC(=O)c1cc([N+](=O)[O-])cn1C. The number of hydrogen-bond donors (Lipinski definition) is 0. The van der Waals surface area contributed by atoms with E-state index >= 15 is 0 Å². The van der Waals surface area contributed by atoms with Crippen LogP contribution in [0.1, 0.15) is 16.1 Å². The molecule has 2 aromatic rings. The number of nitrogens with zero attached hydrogens (tertiary/aromatic N) is 3. The summed E-state index contributed by atoms with van der Waals surface area (Å²) in [6.07, 6.45) is 1.17. The number of nitro groups is 1. The molecule has 0 fully saturated rings. The molecule has 0 N–H and O–H groups in total. The third kappa shape index (κ3) is 4.40. The first-order chi connectivity index (χ1) is 11.8. The van der Waals surface area contributed by atoms with E-state index in [1.807, 2.05) is 0 Å². The van der Waals surface area contributed by atoms with Gasteiger partial charge in [0.25, 0.3) is 11.6 Å². The number of aromatic nitrogens is 1. The second-order valence-corrected chi connectivity index (χ2v) is 5.37. The fourth-order valence-electron chi connectivity index (χ4n) is 2.13. The van der Waals surface area contributed by atoms with Gasteiger partial charge in [-0.1, -0.05) is 18.2 Å². The first-order valence-corrected chi connectivity index (χ1v) is 7.25. The van der Waals surface area contributed by atoms with E-state index in [-0.39, 0.29) is 17.9 Å². The van der Waals surface area contributed by atoms with Gasteiger partial charge in [-0.2, -0.15) is 0 Å². The van der Waals surface area contributed by atoms with Gasteiger partial charge < -0.3 is 14.2 Å². The Balaban J connectivity index is 1.94. The number of halogens is 1. The van der Waals surface area contributed by atoms with E-state index in [1.54, 1.807) is 18.2 Å². The summed E-state index contributed by atoms with van der Waals surface area (Å²) in [6, 6.07) is 7.10. The molecule has 0 saturated heterocycles. The maximum absolute atomic E-state index is 13.6. The lowest BCUT2D eigenvalue weighted by molar-refractivity contribution is -0.384. The number of aryl methyl sites for hydroxylation is 1. The molecule has 0 radical (unpaired) electrons. The summed E-state index contributed by atoms with van der Waals surface area (Å²) in [5, 5.41) is 10.7. The van der Waals surface area contributed by atoms with Gasteiger partial charge in [0.05, 0.1) is 11.1 Å². The van der Waals surface area contributed by atoms with Gasteiger partial charge >= 0.3 is 5.97 Å². The van der Waals surface area contributed by atoms with Gasteiger partial charge in [0.2, 0.25) is 0 Å². The molecule has 0 bridgehead atoms. The van der Waals surface area contributed by atoms with Crippen molar-refractivity contribution >= 4 is 17.6 Å². The monoisotopic (exact) mass is 349 g/mol. The molecule has 9 heteroatoms. The van der Waals surface area contributed by atoms with Crippen LogP contribution in [-0.2, 0) is 23.1 Å². The van der Waals surface area contributed by atoms with Crippen molar-refractivity contribution in [3.63, 3.8) is 0 Å². The van der Waals surface area contributed by atoms with Crippen molar-refractivity contribution < 1.29 is 23.6 Å². The lowest BCUT2D eigenvalue weighted by atomic mass is 10.2. The second-order valence-electron chi connectivity index (χ2n) is 5.37. The van der Waals surface area contributed by atoms with E-state index in [2.05, 4.69) is 0 Å². The van der Waals surface area contributed by atoms with E-state index in [9.17, 15) is 24.1 Å². The lowest BCUT2D eigenvalue weighted by Gasteiger charge is -2.17. The number of carbonyl (C=O) groups excluding carboxylic acids is 2. The number of rotatable bonds is 6. The highest BCUT2D eigenvalue weighted by atomic mass is 19.1. The Morgan fingerprint density at radius 2 is 2.04 bits per heavy atom. The maximum Gasteiger partial charge on any atom is 0.355 e. The third-order valence-electron chi connectivity index (χ3n) is 3.53. The molecule has 0 aliphatic rings. The fraction of sp³-hybridized carbons (Fsp3) is 0.250. The summed E-state index contributed by atoms with van der Waals surface area (Å²) < 4.78 is 19.7. The molecule has 1 aromatic heterocycles. The molecule has 2 rings (SSSR count). The van der Waals surface area contributed by atoms with Gasteiger partial charge in [-0.3, -0.25) is 14.9 Å². The number of esters is 1. The summed E-state index contributed by atoms with van der Waals surface area (Å²) >= 11 is 0. The Morgan fingerprint density at radius 1 is 1.36 bits per heavy atom. The first kappa shape index (κ1) is 18.1. The van der Waals surface area contributed by atoms with E-state index in [4.69, 9.17) is 4.74 Å². The van der Waals surface area contributed by atoms with Gasteiger partial charge in [-0.05, 0) is 6.07 Å². The zero-order valence-electron chi connectivity index (χ0n) is 13.6. The summed E-state index contributed by atoms with van der Waals surface area (Å²) in [6.45, 7) is -0.526. The topological polar surface area (TPSA) is 94.7 Å². The Kier molecular flexibility index (Phi) is 5.48. The summed E-state index contributed by atoms with van der Waals surface area (Å²) in [7, 11) is 2.91. The van der Waals surface area contributed by atoms with Crippen LogP contribution in [0.3, 0.4) is 0 Å². The molecule has 1 aromatic carbocycles. The van der Waals surface area contributed by atoms with Crippen molar-refractivity contribution in [3.05, 3.63) is 63.7 Å². The van der Waals surface area contributed by atoms with Gasteiger partial charge in [-0.25, -0.2) is 9.18 Å². The van der Waals surface area contributed by atoms with Crippen molar-refractivity contribution in [3.8, 4) is 0 Å². The highest BCUT2D eigenvalue weighted by Crippen LogP contribution is 2.16. The average Bonchev–Trinajstić information content (AvgIpc) is 2.96. The summed E-state index contributed by atoms with van der Waals surface area (Å²) in [5.41, 5.74) is 0.0384. The molecule has 1 amide bonds. The number of amides is 1. The molecule has 25 heavy (non-hydrogen) atoms. The van der Waals surface area contributed by atoms with E-state index in [1.165, 1.54) is 35.8 Å². The number of likely N-dealkylation sites (N-methyl/N-ethyl adjacent to an activating group) is 1. The Labute approximate surface area is 142 Å². The van der Waals surface area contributed by atoms with Crippen LogP contribution in [0, 0.1) is 15.9 Å². The van der Waals surface area contributed by atoms with Crippen LogP contribution < -0.4 is 0 Å². The number of carbonyl (C=O) groups is 2. The van der Waals surface area contributed by atoms with Crippen LogP contribution >= 0.6 is 0 Å². The van der Waals surface area contributed by atoms with Gasteiger partial charge in [0.15, 0.2) is 6.61 Å². The van der Waals surface area contributed by atoms with E-state index in [0.29, 0.717) is 5.56 Å². The zero-order valence-corrected chi connectivity index (χ0v) is 13.6. The highest BCUT2D eigenvalue weighted by molar-refractivity contribution is 5.90. The molecule has 0 spiro atoms. The van der Waals surface area contributed by atoms with Crippen molar-refractivity contribution in [1.82, 2.24) is 9.47 Å². The van der Waals surface area contributed by atoms with Crippen LogP contribution in [0.15, 0.2) is 36.5 Å². The van der Waals surface area contributed by atoms with Gasteiger partial charge in [0.1, 0.15) is 11.5 Å². The van der Waals surface area contributed by atoms with Gasteiger partial charge in [0, 0.05) is 32.3 Å². The molecule has 0 unspecified atom stereocenters. The summed E-state index contributed by atoms with van der Waals surface area (Å²) in [4.78, 5) is 35.2. The minimum Gasteiger partial charge on any atom is -0.451 e. The number of benzene rings is 1. The quantitative estimate of drug-likeness (QED) is 0.451. The number of hydrogen-bond acceptors (Lipinski definition) is 5.